The minimum Gasteiger partial charge on any atom is -0.336 e. The highest BCUT2D eigenvalue weighted by molar-refractivity contribution is 5.94. The number of hydrogen-bond donors (Lipinski definition) is 1. The molecule has 0 spiro atoms. The molecule has 0 bridgehead atoms. The summed E-state index contributed by atoms with van der Waals surface area (Å²) in [5.74, 6) is 0.0835. The predicted molar refractivity (Wildman–Crippen MR) is 95.3 cm³/mol. The fourth-order valence-corrected chi connectivity index (χ4v) is 3.53. The van der Waals surface area contributed by atoms with E-state index in [1.54, 1.807) is 6.20 Å². The van der Waals surface area contributed by atoms with Crippen molar-refractivity contribution >= 4 is 5.91 Å². The van der Waals surface area contributed by atoms with Crippen LogP contribution in [-0.2, 0) is 0 Å². The molecular formula is C19H21N5O. The van der Waals surface area contributed by atoms with Gasteiger partial charge in [-0.05, 0) is 50.1 Å². The van der Waals surface area contributed by atoms with E-state index >= 15 is 0 Å². The van der Waals surface area contributed by atoms with E-state index in [0.29, 0.717) is 6.54 Å². The van der Waals surface area contributed by atoms with Crippen LogP contribution in [0.1, 0.15) is 34.2 Å². The second kappa shape index (κ2) is 6.20. The second-order valence-corrected chi connectivity index (χ2v) is 6.61. The van der Waals surface area contributed by atoms with Crippen molar-refractivity contribution in [3.63, 3.8) is 0 Å². The van der Waals surface area contributed by atoms with Gasteiger partial charge in [0.15, 0.2) is 0 Å². The Morgan fingerprint density at radius 1 is 1.20 bits per heavy atom. The van der Waals surface area contributed by atoms with E-state index < -0.39 is 0 Å². The number of rotatable bonds is 3. The van der Waals surface area contributed by atoms with Crippen molar-refractivity contribution in [2.24, 2.45) is 0 Å². The molecule has 0 unspecified atom stereocenters. The van der Waals surface area contributed by atoms with E-state index in [1.165, 1.54) is 0 Å². The number of aromatic amines is 1. The van der Waals surface area contributed by atoms with E-state index in [-0.39, 0.29) is 11.9 Å². The predicted octanol–water partition coefficient (Wildman–Crippen LogP) is 2.98. The van der Waals surface area contributed by atoms with Crippen LogP contribution in [0, 0.1) is 13.8 Å². The first-order chi connectivity index (χ1) is 12.1. The van der Waals surface area contributed by atoms with Gasteiger partial charge in [-0.15, -0.1) is 0 Å². The summed E-state index contributed by atoms with van der Waals surface area (Å²) in [5.41, 5.74) is 4.87. The number of likely N-dealkylation sites (tertiary alicyclic amines) is 1. The van der Waals surface area contributed by atoms with Crippen molar-refractivity contribution in [3.05, 3.63) is 59.5 Å². The smallest absolute Gasteiger partial charge is 0.253 e. The molecule has 128 valence electrons. The highest BCUT2D eigenvalue weighted by atomic mass is 16.2. The molecule has 4 rings (SSSR count). The van der Waals surface area contributed by atoms with E-state index in [2.05, 4.69) is 33.0 Å². The molecule has 6 heteroatoms. The van der Waals surface area contributed by atoms with Gasteiger partial charge in [0.25, 0.3) is 5.91 Å². The van der Waals surface area contributed by atoms with Gasteiger partial charge in [0, 0.05) is 30.5 Å². The number of nitrogens with one attached hydrogen (secondary N) is 1. The number of benzene rings is 1. The molecule has 1 N–H and O–H groups in total. The molecule has 0 aliphatic carbocycles. The summed E-state index contributed by atoms with van der Waals surface area (Å²) in [7, 11) is 0. The van der Waals surface area contributed by atoms with Crippen LogP contribution in [0.2, 0.25) is 0 Å². The summed E-state index contributed by atoms with van der Waals surface area (Å²) in [5, 5.41) is 11.5. The second-order valence-electron chi connectivity index (χ2n) is 6.61. The normalized spacial score (nSPS) is 17.2. The Morgan fingerprint density at radius 3 is 2.64 bits per heavy atom. The topological polar surface area (TPSA) is 66.8 Å². The van der Waals surface area contributed by atoms with Gasteiger partial charge in [-0.1, -0.05) is 12.1 Å². The zero-order valence-electron chi connectivity index (χ0n) is 14.4. The molecule has 6 nitrogen and oxygen atoms in total. The molecule has 1 aliphatic rings. The molecular weight excluding hydrogens is 314 g/mol. The zero-order valence-corrected chi connectivity index (χ0v) is 14.4. The fraction of sp³-hybridized carbons (Fsp3) is 0.316. The maximum absolute atomic E-state index is 12.8. The first-order valence-corrected chi connectivity index (χ1v) is 8.53. The van der Waals surface area contributed by atoms with Gasteiger partial charge in [0.1, 0.15) is 0 Å². The lowest BCUT2D eigenvalue weighted by atomic mass is 10.1. The van der Waals surface area contributed by atoms with E-state index in [0.717, 1.165) is 41.2 Å². The van der Waals surface area contributed by atoms with E-state index in [4.69, 9.17) is 0 Å². The number of hydrogen-bond acceptors (Lipinski definition) is 3. The Hall–Kier alpha value is -2.89. The van der Waals surface area contributed by atoms with Crippen LogP contribution in [0.5, 0.6) is 0 Å². The van der Waals surface area contributed by atoms with Crippen LogP contribution < -0.4 is 0 Å². The highest BCUT2D eigenvalue weighted by Crippen LogP contribution is 2.25. The number of H-pyrrole nitrogens is 1. The third-order valence-corrected chi connectivity index (χ3v) is 4.78. The lowest BCUT2D eigenvalue weighted by Gasteiger charge is -2.17. The molecule has 3 aromatic rings. The Morgan fingerprint density at radius 2 is 2.00 bits per heavy atom. The molecule has 1 aromatic carbocycles. The lowest BCUT2D eigenvalue weighted by Crippen LogP contribution is -2.29. The quantitative estimate of drug-likeness (QED) is 0.800. The van der Waals surface area contributed by atoms with Gasteiger partial charge in [-0.3, -0.25) is 14.6 Å². The van der Waals surface area contributed by atoms with Crippen LogP contribution in [-0.4, -0.2) is 43.9 Å². The summed E-state index contributed by atoms with van der Waals surface area (Å²) in [6.45, 7) is 5.55. The van der Waals surface area contributed by atoms with Crippen LogP contribution in [0.3, 0.4) is 0 Å². The van der Waals surface area contributed by atoms with Gasteiger partial charge in [-0.2, -0.15) is 10.2 Å². The minimum absolute atomic E-state index is 0.0835. The number of aromatic nitrogens is 4. The first-order valence-electron chi connectivity index (χ1n) is 8.53. The summed E-state index contributed by atoms with van der Waals surface area (Å²) in [6, 6.07) is 11.9. The van der Waals surface area contributed by atoms with E-state index in [9.17, 15) is 4.79 Å². The largest absolute Gasteiger partial charge is 0.336 e. The van der Waals surface area contributed by atoms with Gasteiger partial charge < -0.3 is 4.90 Å². The number of amides is 1. The Bertz CT molecular complexity index is 879. The summed E-state index contributed by atoms with van der Waals surface area (Å²) >= 11 is 0. The molecule has 2 aromatic heterocycles. The Balaban J connectivity index is 1.47. The maximum Gasteiger partial charge on any atom is 0.253 e. The number of carbonyl (C=O) groups is 1. The lowest BCUT2D eigenvalue weighted by molar-refractivity contribution is 0.0787. The molecule has 0 radical (unpaired) electrons. The summed E-state index contributed by atoms with van der Waals surface area (Å²) in [4.78, 5) is 14.7. The van der Waals surface area contributed by atoms with Crippen LogP contribution in [0.4, 0.5) is 0 Å². The van der Waals surface area contributed by atoms with Crippen molar-refractivity contribution in [3.8, 4) is 11.3 Å². The first kappa shape index (κ1) is 15.6. The van der Waals surface area contributed by atoms with Crippen LogP contribution >= 0.6 is 0 Å². The molecule has 1 saturated heterocycles. The number of carbonyl (C=O) groups excluding carboxylic acids is 1. The fourth-order valence-electron chi connectivity index (χ4n) is 3.53. The molecule has 3 heterocycles. The van der Waals surface area contributed by atoms with Crippen molar-refractivity contribution in [2.75, 3.05) is 13.1 Å². The third-order valence-electron chi connectivity index (χ3n) is 4.78. The molecule has 25 heavy (non-hydrogen) atoms. The van der Waals surface area contributed by atoms with Crippen LogP contribution in [0.25, 0.3) is 11.3 Å². The van der Waals surface area contributed by atoms with Gasteiger partial charge >= 0.3 is 0 Å². The van der Waals surface area contributed by atoms with Crippen molar-refractivity contribution in [2.45, 2.75) is 26.3 Å². The maximum atomic E-state index is 12.8. The average molecular weight is 335 g/mol. The minimum atomic E-state index is 0.0835. The average Bonchev–Trinajstić information content (AvgIpc) is 3.35. The number of nitrogens with zero attached hydrogens (tertiary/aromatic N) is 4. The Labute approximate surface area is 146 Å². The van der Waals surface area contributed by atoms with Gasteiger partial charge in [-0.25, -0.2) is 0 Å². The third kappa shape index (κ3) is 2.95. The Kier molecular flexibility index (Phi) is 3.87. The SMILES string of the molecule is Cc1cc(C)n([C@@H]2CCN(C(=O)c3ccc(-c4ccn[nH]4)cc3)C2)n1. The standard InChI is InChI=1S/C19H21N5O/c1-13-11-14(2)24(22-13)17-8-10-23(12-17)19(25)16-5-3-15(4-6-16)18-7-9-20-21-18/h3-7,9,11,17H,8,10,12H2,1-2H3,(H,20,21)/t17-/m1/s1. The van der Waals surface area contributed by atoms with Gasteiger partial charge in [0.05, 0.1) is 17.4 Å². The molecule has 1 fully saturated rings. The summed E-state index contributed by atoms with van der Waals surface area (Å²) in [6.07, 6.45) is 2.66. The van der Waals surface area contributed by atoms with Crippen molar-refractivity contribution in [1.82, 2.24) is 24.9 Å². The number of aryl methyl sites for hydroxylation is 2. The molecule has 1 atom stereocenters. The molecule has 0 saturated carbocycles. The van der Waals surface area contributed by atoms with Gasteiger partial charge in [0.2, 0.25) is 0 Å². The molecule has 1 aliphatic heterocycles. The van der Waals surface area contributed by atoms with Crippen molar-refractivity contribution in [1.29, 1.82) is 0 Å². The monoisotopic (exact) mass is 335 g/mol. The van der Waals surface area contributed by atoms with E-state index in [1.807, 2.05) is 42.2 Å². The van der Waals surface area contributed by atoms with Crippen LogP contribution in [0.15, 0.2) is 42.6 Å². The molecule has 1 amide bonds. The van der Waals surface area contributed by atoms with Crippen molar-refractivity contribution < 1.29 is 4.79 Å². The zero-order chi connectivity index (χ0) is 17.4. The summed E-state index contributed by atoms with van der Waals surface area (Å²) < 4.78 is 2.06. The highest BCUT2D eigenvalue weighted by Gasteiger charge is 2.29.